The Labute approximate surface area is 74.8 Å². The fourth-order valence-corrected chi connectivity index (χ4v) is 1.34. The van der Waals surface area contributed by atoms with Crippen LogP contribution in [0.15, 0.2) is 0 Å². The van der Waals surface area contributed by atoms with Crippen LogP contribution in [0, 0.1) is 0 Å². The topological polar surface area (TPSA) is 18.5 Å². The summed E-state index contributed by atoms with van der Waals surface area (Å²) in [6.07, 6.45) is 0. The SMILES string of the molecule is COC1(OC)C(F)(F)C(F)(F)C1(F)F. The lowest BCUT2D eigenvalue weighted by Gasteiger charge is -2.55. The van der Waals surface area contributed by atoms with E-state index in [1.165, 1.54) is 0 Å². The van der Waals surface area contributed by atoms with Crippen molar-refractivity contribution in [2.24, 2.45) is 0 Å². The van der Waals surface area contributed by atoms with Crippen molar-refractivity contribution in [3.05, 3.63) is 0 Å². The van der Waals surface area contributed by atoms with Crippen molar-refractivity contribution in [3.8, 4) is 0 Å². The summed E-state index contributed by atoms with van der Waals surface area (Å²) in [7, 11) is 0.890. The van der Waals surface area contributed by atoms with Gasteiger partial charge in [0, 0.05) is 14.2 Å². The Morgan fingerprint density at radius 2 is 0.929 bits per heavy atom. The predicted molar refractivity (Wildman–Crippen MR) is 31.6 cm³/mol. The lowest BCUT2D eigenvalue weighted by Crippen LogP contribution is -2.87. The smallest absolute Gasteiger partial charge is 0.343 e. The molecule has 1 aliphatic rings. The number of hydrogen-bond donors (Lipinski definition) is 0. The van der Waals surface area contributed by atoms with Crippen molar-refractivity contribution in [3.63, 3.8) is 0 Å². The van der Waals surface area contributed by atoms with E-state index in [4.69, 9.17) is 0 Å². The molecular weight excluding hydrogens is 218 g/mol. The molecule has 0 unspecified atom stereocenters. The summed E-state index contributed by atoms with van der Waals surface area (Å²) in [5.41, 5.74) is 0. The quantitative estimate of drug-likeness (QED) is 0.526. The third-order valence-electron chi connectivity index (χ3n) is 2.19. The molecule has 0 amide bonds. The van der Waals surface area contributed by atoms with Crippen LogP contribution >= 0.6 is 0 Å². The van der Waals surface area contributed by atoms with E-state index in [2.05, 4.69) is 9.47 Å². The first-order valence-corrected chi connectivity index (χ1v) is 3.36. The summed E-state index contributed by atoms with van der Waals surface area (Å²) in [6.45, 7) is 0. The van der Waals surface area contributed by atoms with Crippen molar-refractivity contribution in [2.75, 3.05) is 14.2 Å². The Morgan fingerprint density at radius 3 is 1.07 bits per heavy atom. The van der Waals surface area contributed by atoms with Gasteiger partial charge in [0.15, 0.2) is 0 Å². The molecule has 1 saturated carbocycles. The van der Waals surface area contributed by atoms with Gasteiger partial charge in [-0.1, -0.05) is 0 Å². The van der Waals surface area contributed by atoms with E-state index < -0.39 is 23.6 Å². The van der Waals surface area contributed by atoms with Crippen LogP contribution in [0.25, 0.3) is 0 Å². The first-order valence-electron chi connectivity index (χ1n) is 3.36. The Balaban J connectivity index is 3.23. The van der Waals surface area contributed by atoms with Crippen LogP contribution in [0.2, 0.25) is 0 Å². The minimum Gasteiger partial charge on any atom is -0.343 e. The summed E-state index contributed by atoms with van der Waals surface area (Å²) >= 11 is 0. The van der Waals surface area contributed by atoms with Crippen molar-refractivity contribution < 1.29 is 35.8 Å². The first-order chi connectivity index (χ1) is 6.12. The maximum atomic E-state index is 12.7. The molecule has 0 saturated heterocycles. The second kappa shape index (κ2) is 2.54. The van der Waals surface area contributed by atoms with Gasteiger partial charge in [-0.25, -0.2) is 0 Å². The van der Waals surface area contributed by atoms with Crippen molar-refractivity contribution in [2.45, 2.75) is 23.6 Å². The summed E-state index contributed by atoms with van der Waals surface area (Å²) in [5, 5.41) is 0. The molecule has 0 aromatic heterocycles. The third-order valence-corrected chi connectivity index (χ3v) is 2.19. The Kier molecular flexibility index (Phi) is 2.10. The number of hydrogen-bond acceptors (Lipinski definition) is 2. The average molecular weight is 224 g/mol. The van der Waals surface area contributed by atoms with Crippen LogP contribution in [-0.2, 0) is 9.47 Å². The Bertz CT molecular complexity index is 227. The van der Waals surface area contributed by atoms with Crippen LogP contribution in [0.1, 0.15) is 0 Å². The van der Waals surface area contributed by atoms with Gasteiger partial charge in [-0.15, -0.1) is 0 Å². The van der Waals surface area contributed by atoms with Gasteiger partial charge in [-0.05, 0) is 0 Å². The van der Waals surface area contributed by atoms with Crippen LogP contribution in [-0.4, -0.2) is 37.8 Å². The minimum atomic E-state index is -5.47. The fourth-order valence-electron chi connectivity index (χ4n) is 1.34. The third kappa shape index (κ3) is 0.736. The van der Waals surface area contributed by atoms with Gasteiger partial charge < -0.3 is 9.47 Å². The lowest BCUT2D eigenvalue weighted by molar-refractivity contribution is -0.552. The highest BCUT2D eigenvalue weighted by Crippen LogP contribution is 2.68. The largest absolute Gasteiger partial charge is 0.383 e. The van der Waals surface area contributed by atoms with Gasteiger partial charge in [0.1, 0.15) is 0 Å². The predicted octanol–water partition coefficient (Wildman–Crippen LogP) is 1.90. The van der Waals surface area contributed by atoms with E-state index in [0.717, 1.165) is 0 Å². The molecule has 0 atom stereocenters. The van der Waals surface area contributed by atoms with E-state index in [0.29, 0.717) is 14.2 Å². The van der Waals surface area contributed by atoms with Gasteiger partial charge in [0.05, 0.1) is 0 Å². The van der Waals surface area contributed by atoms with Gasteiger partial charge in [0.25, 0.3) is 0 Å². The number of rotatable bonds is 2. The van der Waals surface area contributed by atoms with Crippen molar-refractivity contribution in [1.29, 1.82) is 0 Å². The highest BCUT2D eigenvalue weighted by Gasteiger charge is 3.00. The van der Waals surface area contributed by atoms with Gasteiger partial charge >= 0.3 is 23.6 Å². The van der Waals surface area contributed by atoms with E-state index in [-0.39, 0.29) is 0 Å². The fraction of sp³-hybridized carbons (Fsp3) is 1.00. The molecule has 84 valence electrons. The molecule has 0 radical (unpaired) electrons. The van der Waals surface area contributed by atoms with Crippen molar-refractivity contribution in [1.82, 2.24) is 0 Å². The van der Waals surface area contributed by atoms with E-state index in [1.54, 1.807) is 0 Å². The first kappa shape index (κ1) is 11.6. The molecule has 1 fully saturated rings. The highest BCUT2D eigenvalue weighted by molar-refractivity contribution is 5.23. The maximum Gasteiger partial charge on any atom is 0.383 e. The van der Waals surface area contributed by atoms with Gasteiger partial charge in [0.2, 0.25) is 0 Å². The summed E-state index contributed by atoms with van der Waals surface area (Å²) < 4.78 is 82.6. The van der Waals surface area contributed by atoms with E-state index in [9.17, 15) is 26.3 Å². The van der Waals surface area contributed by atoms with Crippen LogP contribution < -0.4 is 0 Å². The molecule has 1 rings (SSSR count). The van der Waals surface area contributed by atoms with Gasteiger partial charge in [-0.2, -0.15) is 26.3 Å². The Hall–Kier alpha value is -0.500. The van der Waals surface area contributed by atoms with Crippen molar-refractivity contribution >= 4 is 0 Å². The van der Waals surface area contributed by atoms with Crippen LogP contribution in [0.3, 0.4) is 0 Å². The lowest BCUT2D eigenvalue weighted by atomic mass is 9.76. The molecule has 0 bridgehead atoms. The molecule has 0 aliphatic heterocycles. The molecule has 0 heterocycles. The molecule has 0 N–H and O–H groups in total. The zero-order valence-electron chi connectivity index (χ0n) is 7.08. The molecule has 14 heavy (non-hydrogen) atoms. The zero-order chi connectivity index (χ0) is 11.4. The minimum absolute atomic E-state index is 0.445. The monoisotopic (exact) mass is 224 g/mol. The summed E-state index contributed by atoms with van der Waals surface area (Å²) in [4.78, 5) is 0. The zero-order valence-corrected chi connectivity index (χ0v) is 7.08. The summed E-state index contributed by atoms with van der Waals surface area (Å²) in [5.74, 6) is -19.5. The molecule has 1 aliphatic carbocycles. The normalized spacial score (nSPS) is 30.9. The molecule has 0 spiro atoms. The number of halogens is 6. The van der Waals surface area contributed by atoms with Crippen LogP contribution in [0.4, 0.5) is 26.3 Å². The van der Waals surface area contributed by atoms with E-state index >= 15 is 0 Å². The molecule has 0 aromatic carbocycles. The second-order valence-electron chi connectivity index (χ2n) is 2.75. The molecule has 8 heteroatoms. The number of methoxy groups -OCH3 is 2. The highest BCUT2D eigenvalue weighted by atomic mass is 19.4. The number of ether oxygens (including phenoxy) is 2. The van der Waals surface area contributed by atoms with Gasteiger partial charge in [-0.3, -0.25) is 0 Å². The van der Waals surface area contributed by atoms with E-state index in [1.807, 2.05) is 0 Å². The Morgan fingerprint density at radius 1 is 0.643 bits per heavy atom. The average Bonchev–Trinajstić information content (AvgIpc) is 2.05. The second-order valence-corrected chi connectivity index (χ2v) is 2.75. The molecular formula is C6H6F6O2. The standard InChI is InChI=1S/C6H6F6O2/c1-13-6(14-2)4(9,10)3(7,8)5(6,11)12/h1-2H3. The number of alkyl halides is 6. The molecule has 2 nitrogen and oxygen atoms in total. The maximum absolute atomic E-state index is 12.7. The summed E-state index contributed by atoms with van der Waals surface area (Å²) in [6, 6.07) is 0. The molecule has 0 aromatic rings. The van der Waals surface area contributed by atoms with Crippen LogP contribution in [0.5, 0.6) is 0 Å².